The van der Waals surface area contributed by atoms with Crippen LogP contribution in [0.15, 0.2) is 52.0 Å². The number of benzene rings is 2. The molecule has 0 aliphatic heterocycles. The number of nitrogens with one attached hydrogen (secondary N) is 2. The molecule has 2 heterocycles. The van der Waals surface area contributed by atoms with Crippen LogP contribution in [0.2, 0.25) is 0 Å². The van der Waals surface area contributed by atoms with Crippen LogP contribution in [0.1, 0.15) is 17.0 Å². The largest absolute Gasteiger partial charge is 0.493 e. The lowest BCUT2D eigenvalue weighted by Gasteiger charge is -2.12. The fraction of sp³-hybridized carbons (Fsp3) is 0.208. The van der Waals surface area contributed by atoms with Gasteiger partial charge in [0.05, 0.1) is 33.2 Å². The van der Waals surface area contributed by atoms with E-state index in [9.17, 15) is 0 Å². The minimum atomic E-state index is 0.232. The maximum atomic E-state index is 5.40. The van der Waals surface area contributed by atoms with E-state index in [4.69, 9.17) is 14.2 Å². The Labute approximate surface area is 216 Å². The van der Waals surface area contributed by atoms with Gasteiger partial charge < -0.3 is 19.5 Å². The Bertz CT molecular complexity index is 1360. The molecule has 186 valence electrons. The summed E-state index contributed by atoms with van der Waals surface area (Å²) in [7, 11) is 4.67. The van der Waals surface area contributed by atoms with E-state index < -0.39 is 0 Å². The number of hydrogen-bond acceptors (Lipinski definition) is 10. The van der Waals surface area contributed by atoms with Gasteiger partial charge in [0.15, 0.2) is 11.5 Å². The normalized spacial score (nSPS) is 10.9. The minimum absolute atomic E-state index is 0.232. The molecule has 0 aliphatic carbocycles. The van der Waals surface area contributed by atoms with E-state index in [1.54, 1.807) is 44.4 Å². The zero-order valence-corrected chi connectivity index (χ0v) is 22.0. The van der Waals surface area contributed by atoms with E-state index in [0.717, 1.165) is 27.1 Å². The van der Waals surface area contributed by atoms with Crippen molar-refractivity contribution in [1.82, 2.24) is 24.7 Å². The highest BCUT2D eigenvalue weighted by atomic mass is 79.9. The molecule has 0 radical (unpaired) electrons. The Morgan fingerprint density at radius 3 is 2.14 bits per heavy atom. The summed E-state index contributed by atoms with van der Waals surface area (Å²) in [5, 5.41) is 12.0. The molecule has 12 heteroatoms. The smallest absolute Gasteiger partial charge is 0.257 e. The van der Waals surface area contributed by atoms with Gasteiger partial charge >= 0.3 is 0 Å². The summed E-state index contributed by atoms with van der Waals surface area (Å²) >= 11 is 3.44. The highest BCUT2D eigenvalue weighted by Gasteiger charge is 2.14. The van der Waals surface area contributed by atoms with Crippen molar-refractivity contribution in [2.45, 2.75) is 13.8 Å². The van der Waals surface area contributed by atoms with Crippen molar-refractivity contribution in [3.05, 3.63) is 63.9 Å². The van der Waals surface area contributed by atoms with E-state index in [0.29, 0.717) is 29.1 Å². The average Bonchev–Trinajstić information content (AvgIpc) is 3.22. The predicted molar refractivity (Wildman–Crippen MR) is 141 cm³/mol. The van der Waals surface area contributed by atoms with Crippen molar-refractivity contribution in [1.29, 1.82) is 0 Å². The molecular formula is C24H25BrN8O3. The van der Waals surface area contributed by atoms with E-state index in [1.807, 2.05) is 44.2 Å². The molecule has 0 unspecified atom stereocenters. The van der Waals surface area contributed by atoms with Crippen LogP contribution in [-0.4, -0.2) is 52.3 Å². The van der Waals surface area contributed by atoms with Crippen LogP contribution in [0.4, 0.5) is 17.6 Å². The third-order valence-electron chi connectivity index (χ3n) is 4.99. The Hall–Kier alpha value is -4.19. The quantitative estimate of drug-likeness (QED) is 0.225. The SMILES string of the molecule is COc1cc(/C=N\Nc2nc(Nc3ccc(Br)cc3)nc(-n3nc(C)cc3C)n2)cc(OC)c1OC. The number of halogens is 1. The monoisotopic (exact) mass is 552 g/mol. The number of hydrazone groups is 1. The van der Waals surface area contributed by atoms with Gasteiger partial charge in [-0.05, 0) is 56.3 Å². The third-order valence-corrected chi connectivity index (χ3v) is 5.52. The molecule has 0 atom stereocenters. The number of nitrogens with zero attached hydrogens (tertiary/aromatic N) is 6. The maximum absolute atomic E-state index is 5.40. The molecule has 0 bridgehead atoms. The van der Waals surface area contributed by atoms with Crippen molar-refractivity contribution >= 4 is 39.7 Å². The van der Waals surface area contributed by atoms with E-state index >= 15 is 0 Å². The van der Waals surface area contributed by atoms with Gasteiger partial charge in [-0.3, -0.25) is 0 Å². The summed E-state index contributed by atoms with van der Waals surface area (Å²) < 4.78 is 18.8. The van der Waals surface area contributed by atoms with Gasteiger partial charge in [-0.15, -0.1) is 0 Å². The zero-order valence-electron chi connectivity index (χ0n) is 20.4. The van der Waals surface area contributed by atoms with Crippen LogP contribution in [0.3, 0.4) is 0 Å². The predicted octanol–water partition coefficient (Wildman–Crippen LogP) is 4.65. The summed E-state index contributed by atoms with van der Waals surface area (Å²) in [6.45, 7) is 3.84. The third kappa shape index (κ3) is 5.71. The summed E-state index contributed by atoms with van der Waals surface area (Å²) in [5.41, 5.74) is 6.15. The lowest BCUT2D eigenvalue weighted by atomic mass is 10.2. The van der Waals surface area contributed by atoms with E-state index in [2.05, 4.69) is 51.8 Å². The molecule has 2 aromatic carbocycles. The van der Waals surface area contributed by atoms with Crippen LogP contribution >= 0.6 is 15.9 Å². The van der Waals surface area contributed by atoms with Crippen molar-refractivity contribution in [3.8, 4) is 23.2 Å². The van der Waals surface area contributed by atoms with Crippen LogP contribution < -0.4 is 25.0 Å². The summed E-state index contributed by atoms with van der Waals surface area (Å²) in [6, 6.07) is 13.2. The highest BCUT2D eigenvalue weighted by Crippen LogP contribution is 2.37. The Morgan fingerprint density at radius 1 is 0.889 bits per heavy atom. The van der Waals surface area contributed by atoms with Gasteiger partial charge in [-0.25, -0.2) is 10.1 Å². The second-order valence-corrected chi connectivity index (χ2v) is 8.50. The molecule has 36 heavy (non-hydrogen) atoms. The zero-order chi connectivity index (χ0) is 25.7. The van der Waals surface area contributed by atoms with Crippen molar-refractivity contribution in [2.75, 3.05) is 32.1 Å². The molecular weight excluding hydrogens is 528 g/mol. The molecule has 0 saturated carbocycles. The first-order chi connectivity index (χ1) is 17.4. The molecule has 0 aliphatic rings. The molecule has 0 fully saturated rings. The molecule has 0 amide bonds. The van der Waals surface area contributed by atoms with Gasteiger partial charge in [0.2, 0.25) is 17.6 Å². The summed E-state index contributed by atoms with van der Waals surface area (Å²) in [6.07, 6.45) is 1.60. The lowest BCUT2D eigenvalue weighted by Crippen LogP contribution is -2.11. The second-order valence-electron chi connectivity index (χ2n) is 7.58. The van der Waals surface area contributed by atoms with Crippen molar-refractivity contribution < 1.29 is 14.2 Å². The molecule has 11 nitrogen and oxygen atoms in total. The fourth-order valence-electron chi connectivity index (χ4n) is 3.40. The average molecular weight is 553 g/mol. The van der Waals surface area contributed by atoms with Gasteiger partial charge in [0.1, 0.15) is 0 Å². The van der Waals surface area contributed by atoms with Crippen LogP contribution in [-0.2, 0) is 0 Å². The first-order valence-corrected chi connectivity index (χ1v) is 11.6. The highest BCUT2D eigenvalue weighted by molar-refractivity contribution is 9.10. The topological polar surface area (TPSA) is 121 Å². The molecule has 4 aromatic rings. The number of anilines is 3. The molecule has 0 spiro atoms. The van der Waals surface area contributed by atoms with Crippen LogP contribution in [0, 0.1) is 13.8 Å². The van der Waals surface area contributed by atoms with E-state index in [-0.39, 0.29) is 5.95 Å². The number of aryl methyl sites for hydroxylation is 2. The number of rotatable bonds is 9. The van der Waals surface area contributed by atoms with Crippen LogP contribution in [0.5, 0.6) is 17.2 Å². The summed E-state index contributed by atoms with van der Waals surface area (Å²) in [4.78, 5) is 13.5. The lowest BCUT2D eigenvalue weighted by molar-refractivity contribution is 0.324. The van der Waals surface area contributed by atoms with Crippen molar-refractivity contribution in [3.63, 3.8) is 0 Å². The number of methoxy groups -OCH3 is 3. The maximum Gasteiger partial charge on any atom is 0.257 e. The number of ether oxygens (including phenoxy) is 3. The van der Waals surface area contributed by atoms with Gasteiger partial charge in [-0.2, -0.15) is 25.2 Å². The Morgan fingerprint density at radius 2 is 1.56 bits per heavy atom. The first kappa shape index (κ1) is 24.9. The second kappa shape index (κ2) is 11.0. The molecule has 2 aromatic heterocycles. The van der Waals surface area contributed by atoms with Gasteiger partial charge in [0, 0.05) is 21.4 Å². The number of aromatic nitrogens is 5. The van der Waals surface area contributed by atoms with E-state index in [1.165, 1.54) is 0 Å². The molecule has 4 rings (SSSR count). The fourth-order valence-corrected chi connectivity index (χ4v) is 3.66. The molecule has 0 saturated heterocycles. The molecule has 2 N–H and O–H groups in total. The van der Waals surface area contributed by atoms with Crippen molar-refractivity contribution in [2.24, 2.45) is 5.10 Å². The summed E-state index contributed by atoms with van der Waals surface area (Å²) in [5.74, 6) is 2.45. The number of hydrogen-bond donors (Lipinski definition) is 2. The Kier molecular flexibility index (Phi) is 7.64. The first-order valence-electron chi connectivity index (χ1n) is 10.8. The van der Waals surface area contributed by atoms with Crippen LogP contribution in [0.25, 0.3) is 5.95 Å². The van der Waals surface area contributed by atoms with Gasteiger partial charge in [-0.1, -0.05) is 15.9 Å². The minimum Gasteiger partial charge on any atom is -0.493 e. The van der Waals surface area contributed by atoms with Gasteiger partial charge in [0.25, 0.3) is 5.95 Å². The Balaban J connectivity index is 1.65. The standard InChI is InChI=1S/C24H25BrN8O3/c1-14-10-15(2)33(32-14)24-29-22(27-18-8-6-17(25)7-9-18)28-23(30-24)31-26-13-16-11-19(34-3)21(36-5)20(12-16)35-4/h6-13H,1-5H3,(H2,27,28,29,30,31)/b26-13-.